The van der Waals surface area contributed by atoms with E-state index in [1.807, 2.05) is 63.1 Å². The van der Waals surface area contributed by atoms with Crippen LogP contribution in [0.25, 0.3) is 16.9 Å². The maximum Gasteiger partial charge on any atom is 0.180 e. The Bertz CT molecular complexity index is 1010. The highest BCUT2D eigenvalue weighted by Crippen LogP contribution is 2.25. The number of terminal acetylenes is 1. The number of nitrogens with zero attached hydrogens (tertiary/aromatic N) is 5. The van der Waals surface area contributed by atoms with Gasteiger partial charge in [0.2, 0.25) is 0 Å². The van der Waals surface area contributed by atoms with Crippen molar-refractivity contribution < 1.29 is 0 Å². The van der Waals surface area contributed by atoms with Gasteiger partial charge in [-0.3, -0.25) is 9.50 Å². The van der Waals surface area contributed by atoms with Crippen molar-refractivity contribution in [1.29, 1.82) is 0 Å². The molecular formula is C21H25N7. The summed E-state index contributed by atoms with van der Waals surface area (Å²) in [5.74, 6) is 0.711. The SMILES string of the molecule is C#C.CC.CN(C)c1cccc(Nc2nccn3c(-c4cn[nH]c4)cnc23)c1. The van der Waals surface area contributed by atoms with Crippen LogP contribution in [-0.2, 0) is 0 Å². The predicted octanol–water partition coefficient (Wildman–Crippen LogP) is 4.20. The van der Waals surface area contributed by atoms with E-state index in [4.69, 9.17) is 0 Å². The standard InChI is InChI=1S/C17H17N7.C2H6.C2H2/c1-23(2)14-5-3-4-13(8-14)22-16-17-19-11-15(12-9-20-21-10-12)24(17)7-6-18-16;2*1-2/h3-11H,1-2H3,(H,18,22)(H,20,21);1-2H3;1-2H. The zero-order valence-electron chi connectivity index (χ0n) is 16.6. The summed E-state index contributed by atoms with van der Waals surface area (Å²) < 4.78 is 2.00. The molecule has 0 aliphatic rings. The van der Waals surface area contributed by atoms with E-state index >= 15 is 0 Å². The minimum absolute atomic E-state index is 0.711. The zero-order valence-corrected chi connectivity index (χ0v) is 16.6. The van der Waals surface area contributed by atoms with Crippen LogP contribution in [0.3, 0.4) is 0 Å². The molecule has 0 aliphatic heterocycles. The summed E-state index contributed by atoms with van der Waals surface area (Å²) in [6.45, 7) is 4.00. The second kappa shape index (κ2) is 9.78. The summed E-state index contributed by atoms with van der Waals surface area (Å²) in [7, 11) is 4.04. The van der Waals surface area contributed by atoms with Crippen LogP contribution in [0.15, 0.2) is 55.2 Å². The molecule has 0 amide bonds. The van der Waals surface area contributed by atoms with Crippen molar-refractivity contribution in [2.75, 3.05) is 24.3 Å². The Morgan fingerprint density at radius 1 is 1.11 bits per heavy atom. The molecule has 0 bridgehead atoms. The number of benzene rings is 1. The molecule has 7 heteroatoms. The summed E-state index contributed by atoms with van der Waals surface area (Å²) in [6, 6.07) is 8.16. The van der Waals surface area contributed by atoms with E-state index in [0.29, 0.717) is 5.82 Å². The molecule has 2 N–H and O–H groups in total. The Morgan fingerprint density at radius 3 is 2.57 bits per heavy atom. The van der Waals surface area contributed by atoms with Crippen LogP contribution in [0, 0.1) is 12.8 Å². The fraction of sp³-hybridized carbons (Fsp3) is 0.190. The van der Waals surface area contributed by atoms with E-state index < -0.39 is 0 Å². The quantitative estimate of drug-likeness (QED) is 0.523. The topological polar surface area (TPSA) is 74.1 Å². The highest BCUT2D eigenvalue weighted by Gasteiger charge is 2.11. The van der Waals surface area contributed by atoms with Crippen molar-refractivity contribution in [2.45, 2.75) is 13.8 Å². The van der Waals surface area contributed by atoms with Gasteiger partial charge >= 0.3 is 0 Å². The average Bonchev–Trinajstić information content (AvgIpc) is 3.41. The Balaban J connectivity index is 0.000000660. The maximum atomic E-state index is 4.51. The molecule has 0 atom stereocenters. The molecule has 28 heavy (non-hydrogen) atoms. The first-order valence-electron chi connectivity index (χ1n) is 8.91. The average molecular weight is 375 g/mol. The molecule has 0 spiro atoms. The lowest BCUT2D eigenvalue weighted by molar-refractivity contribution is 1.09. The van der Waals surface area contributed by atoms with Gasteiger partial charge in [-0.25, -0.2) is 9.97 Å². The Morgan fingerprint density at radius 2 is 1.89 bits per heavy atom. The zero-order chi connectivity index (χ0) is 20.5. The number of imidazole rings is 1. The van der Waals surface area contributed by atoms with Crippen LogP contribution >= 0.6 is 0 Å². The molecule has 144 valence electrons. The second-order valence-corrected chi connectivity index (χ2v) is 5.67. The van der Waals surface area contributed by atoms with Gasteiger partial charge in [-0.15, -0.1) is 12.8 Å². The predicted molar refractivity (Wildman–Crippen MR) is 116 cm³/mol. The third-order valence-electron chi connectivity index (χ3n) is 3.85. The maximum absolute atomic E-state index is 4.51. The van der Waals surface area contributed by atoms with Gasteiger partial charge in [-0.2, -0.15) is 5.10 Å². The molecule has 1 aromatic carbocycles. The molecule has 0 saturated carbocycles. The van der Waals surface area contributed by atoms with E-state index in [-0.39, 0.29) is 0 Å². The third kappa shape index (κ3) is 4.30. The molecule has 0 radical (unpaired) electrons. The fourth-order valence-corrected chi connectivity index (χ4v) is 2.61. The number of hydrogen-bond donors (Lipinski definition) is 2. The van der Waals surface area contributed by atoms with Gasteiger partial charge in [0.15, 0.2) is 11.5 Å². The highest BCUT2D eigenvalue weighted by atomic mass is 15.1. The van der Waals surface area contributed by atoms with Gasteiger partial charge in [0, 0.05) is 49.6 Å². The van der Waals surface area contributed by atoms with Crippen molar-refractivity contribution in [1.82, 2.24) is 24.6 Å². The normalized spacial score (nSPS) is 9.64. The number of rotatable bonds is 4. The minimum Gasteiger partial charge on any atom is -0.378 e. The van der Waals surface area contributed by atoms with Crippen molar-refractivity contribution in [2.24, 2.45) is 0 Å². The van der Waals surface area contributed by atoms with Crippen LogP contribution in [-0.4, -0.2) is 38.7 Å². The van der Waals surface area contributed by atoms with Gasteiger partial charge in [0.25, 0.3) is 0 Å². The van der Waals surface area contributed by atoms with Crippen molar-refractivity contribution in [3.8, 4) is 24.1 Å². The summed E-state index contributed by atoms with van der Waals surface area (Å²) in [6.07, 6.45) is 17.1. The van der Waals surface area contributed by atoms with Crippen molar-refractivity contribution in [3.63, 3.8) is 0 Å². The summed E-state index contributed by atoms with van der Waals surface area (Å²) >= 11 is 0. The first kappa shape index (κ1) is 20.5. The fourth-order valence-electron chi connectivity index (χ4n) is 2.61. The minimum atomic E-state index is 0.711. The second-order valence-electron chi connectivity index (χ2n) is 5.67. The third-order valence-corrected chi connectivity index (χ3v) is 3.85. The van der Waals surface area contributed by atoms with Crippen molar-refractivity contribution >= 4 is 22.8 Å². The van der Waals surface area contributed by atoms with Gasteiger partial charge in [0.05, 0.1) is 18.1 Å². The summed E-state index contributed by atoms with van der Waals surface area (Å²) in [5, 5.41) is 10.2. The first-order chi connectivity index (χ1) is 13.7. The summed E-state index contributed by atoms with van der Waals surface area (Å²) in [4.78, 5) is 11.0. The van der Waals surface area contributed by atoms with Crippen LogP contribution in [0.4, 0.5) is 17.2 Å². The van der Waals surface area contributed by atoms with Gasteiger partial charge in [0.1, 0.15) is 0 Å². The smallest absolute Gasteiger partial charge is 0.180 e. The molecule has 4 rings (SSSR count). The van der Waals surface area contributed by atoms with Crippen molar-refractivity contribution in [3.05, 3.63) is 55.2 Å². The molecule has 4 aromatic rings. The molecule has 3 heterocycles. The lowest BCUT2D eigenvalue weighted by Crippen LogP contribution is -2.08. The number of hydrogen-bond acceptors (Lipinski definition) is 5. The van der Waals surface area contributed by atoms with Crippen LogP contribution < -0.4 is 10.2 Å². The molecule has 0 fully saturated rings. The molecule has 0 unspecified atom stereocenters. The first-order valence-corrected chi connectivity index (χ1v) is 8.91. The van der Waals surface area contributed by atoms with Crippen LogP contribution in [0.5, 0.6) is 0 Å². The number of fused-ring (bicyclic) bond motifs is 1. The van der Waals surface area contributed by atoms with E-state index in [2.05, 4.69) is 55.4 Å². The number of nitrogens with one attached hydrogen (secondary N) is 2. The number of anilines is 3. The molecule has 7 nitrogen and oxygen atoms in total. The van der Waals surface area contributed by atoms with Gasteiger partial charge in [-0.05, 0) is 18.2 Å². The molecular weight excluding hydrogens is 350 g/mol. The van der Waals surface area contributed by atoms with E-state index in [9.17, 15) is 0 Å². The number of aromatic nitrogens is 5. The largest absolute Gasteiger partial charge is 0.378 e. The van der Waals surface area contributed by atoms with Crippen LogP contribution in [0.2, 0.25) is 0 Å². The van der Waals surface area contributed by atoms with Gasteiger partial charge in [-0.1, -0.05) is 19.9 Å². The van der Waals surface area contributed by atoms with E-state index in [0.717, 1.165) is 28.3 Å². The number of H-pyrrole nitrogens is 1. The van der Waals surface area contributed by atoms with Gasteiger partial charge < -0.3 is 10.2 Å². The highest BCUT2D eigenvalue weighted by molar-refractivity contribution is 5.74. The lowest BCUT2D eigenvalue weighted by atomic mass is 10.2. The van der Waals surface area contributed by atoms with E-state index in [1.165, 1.54) is 0 Å². The molecule has 0 saturated heterocycles. The summed E-state index contributed by atoms with van der Waals surface area (Å²) in [5.41, 5.74) is 4.80. The Kier molecular flexibility index (Phi) is 7.17. The number of aromatic amines is 1. The van der Waals surface area contributed by atoms with E-state index in [1.54, 1.807) is 12.4 Å². The monoisotopic (exact) mass is 375 g/mol. The lowest BCUT2D eigenvalue weighted by Gasteiger charge is -2.14. The molecule has 3 aromatic heterocycles. The molecule has 0 aliphatic carbocycles. The van der Waals surface area contributed by atoms with Crippen LogP contribution in [0.1, 0.15) is 13.8 Å². The Labute approximate surface area is 165 Å². The Hall–Kier alpha value is -3.79.